The molecule has 1 aromatic heterocycles. The van der Waals surface area contributed by atoms with Crippen molar-refractivity contribution in [1.82, 2.24) is 4.98 Å². The molecule has 1 fully saturated rings. The molecule has 0 saturated carbocycles. The van der Waals surface area contributed by atoms with Crippen LogP contribution in [0, 0.1) is 0 Å². The van der Waals surface area contributed by atoms with Gasteiger partial charge in [0.05, 0.1) is 0 Å². The second kappa shape index (κ2) is 7.00. The number of anilines is 1. The van der Waals surface area contributed by atoms with Crippen LogP contribution in [0.5, 0.6) is 0 Å². The van der Waals surface area contributed by atoms with E-state index in [1.165, 1.54) is 0 Å². The quantitative estimate of drug-likeness (QED) is 0.940. The molecule has 22 heavy (non-hydrogen) atoms. The predicted octanol–water partition coefficient (Wildman–Crippen LogP) is 3.37. The summed E-state index contributed by atoms with van der Waals surface area (Å²) in [5, 5.41) is 2.91. The fraction of sp³-hybridized carbons (Fsp3) is 0.222. The van der Waals surface area contributed by atoms with Crippen molar-refractivity contribution in [3.63, 3.8) is 0 Å². The van der Waals surface area contributed by atoms with E-state index < -0.39 is 0 Å². The Morgan fingerprint density at radius 1 is 1.18 bits per heavy atom. The fourth-order valence-electron chi connectivity index (χ4n) is 2.39. The van der Waals surface area contributed by atoms with Crippen LogP contribution in [0.15, 0.2) is 48.8 Å². The Morgan fingerprint density at radius 2 is 2.00 bits per heavy atom. The standard InChI is InChI=1S/C18H18N2O2/c21-18(17-5-2-12-22-17)20-16-4-1-3-15(13-16)7-6-14-8-10-19-11-9-14/h1,3-4,6-11,13,17H,2,5,12H2,(H,20,21)/b7-6+. The van der Waals surface area contributed by atoms with Gasteiger partial charge in [-0.25, -0.2) is 0 Å². The van der Waals surface area contributed by atoms with E-state index >= 15 is 0 Å². The molecule has 0 spiro atoms. The maximum atomic E-state index is 12.0. The van der Waals surface area contributed by atoms with Crippen molar-refractivity contribution in [2.24, 2.45) is 0 Å². The zero-order valence-electron chi connectivity index (χ0n) is 12.2. The van der Waals surface area contributed by atoms with Crippen molar-refractivity contribution in [3.8, 4) is 0 Å². The first-order chi connectivity index (χ1) is 10.8. The third-order valence-electron chi connectivity index (χ3n) is 3.55. The molecular weight excluding hydrogens is 276 g/mol. The van der Waals surface area contributed by atoms with Crippen LogP contribution in [0.2, 0.25) is 0 Å². The van der Waals surface area contributed by atoms with Gasteiger partial charge in [0, 0.05) is 24.7 Å². The van der Waals surface area contributed by atoms with Gasteiger partial charge in [-0.05, 0) is 48.2 Å². The molecule has 1 N–H and O–H groups in total. The van der Waals surface area contributed by atoms with Gasteiger partial charge in [0.1, 0.15) is 6.10 Å². The average Bonchev–Trinajstić information content (AvgIpc) is 3.09. The van der Waals surface area contributed by atoms with E-state index in [-0.39, 0.29) is 12.0 Å². The number of rotatable bonds is 4. The topological polar surface area (TPSA) is 51.2 Å². The van der Waals surface area contributed by atoms with Gasteiger partial charge < -0.3 is 10.1 Å². The number of carbonyl (C=O) groups excluding carboxylic acids is 1. The summed E-state index contributed by atoms with van der Waals surface area (Å²) in [6.45, 7) is 0.673. The molecule has 1 aliphatic rings. The largest absolute Gasteiger partial charge is 0.368 e. The van der Waals surface area contributed by atoms with Crippen LogP contribution in [0.3, 0.4) is 0 Å². The summed E-state index contributed by atoms with van der Waals surface area (Å²) in [6.07, 6.45) is 8.99. The molecule has 3 rings (SSSR count). The number of nitrogens with zero attached hydrogens (tertiary/aromatic N) is 1. The molecule has 1 unspecified atom stereocenters. The van der Waals surface area contributed by atoms with Crippen molar-refractivity contribution < 1.29 is 9.53 Å². The number of ether oxygens (including phenoxy) is 1. The summed E-state index contributed by atoms with van der Waals surface area (Å²) in [5.74, 6) is -0.0623. The van der Waals surface area contributed by atoms with Gasteiger partial charge in [0.2, 0.25) is 0 Å². The van der Waals surface area contributed by atoms with Crippen LogP contribution < -0.4 is 5.32 Å². The van der Waals surface area contributed by atoms with E-state index in [0.29, 0.717) is 6.61 Å². The second-order valence-corrected chi connectivity index (χ2v) is 5.23. The molecule has 2 aromatic rings. The zero-order chi connectivity index (χ0) is 15.2. The van der Waals surface area contributed by atoms with E-state index in [9.17, 15) is 4.79 Å². The van der Waals surface area contributed by atoms with E-state index in [0.717, 1.165) is 29.7 Å². The van der Waals surface area contributed by atoms with E-state index in [1.54, 1.807) is 12.4 Å². The van der Waals surface area contributed by atoms with Crippen LogP contribution in [0.25, 0.3) is 12.2 Å². The van der Waals surface area contributed by atoms with Crippen molar-refractivity contribution in [2.75, 3.05) is 11.9 Å². The number of amides is 1. The summed E-state index contributed by atoms with van der Waals surface area (Å²) in [7, 11) is 0. The molecule has 2 heterocycles. The van der Waals surface area contributed by atoms with Gasteiger partial charge in [0.25, 0.3) is 5.91 Å². The normalized spacial score (nSPS) is 17.7. The van der Waals surface area contributed by atoms with E-state index in [2.05, 4.69) is 10.3 Å². The molecule has 4 nitrogen and oxygen atoms in total. The van der Waals surface area contributed by atoms with Crippen LogP contribution in [-0.4, -0.2) is 23.6 Å². The summed E-state index contributed by atoms with van der Waals surface area (Å²) in [6, 6.07) is 11.6. The molecule has 1 amide bonds. The highest BCUT2D eigenvalue weighted by molar-refractivity contribution is 5.94. The first-order valence-electron chi connectivity index (χ1n) is 7.42. The van der Waals surface area contributed by atoms with Crippen molar-refractivity contribution in [1.29, 1.82) is 0 Å². The van der Waals surface area contributed by atoms with E-state index in [1.807, 2.05) is 48.6 Å². The molecule has 1 saturated heterocycles. The molecule has 1 atom stereocenters. The zero-order valence-corrected chi connectivity index (χ0v) is 12.2. The molecule has 4 heteroatoms. The second-order valence-electron chi connectivity index (χ2n) is 5.23. The molecule has 112 valence electrons. The number of aromatic nitrogens is 1. The highest BCUT2D eigenvalue weighted by Crippen LogP contribution is 2.17. The Morgan fingerprint density at radius 3 is 2.77 bits per heavy atom. The minimum absolute atomic E-state index is 0.0623. The number of hydrogen-bond acceptors (Lipinski definition) is 3. The highest BCUT2D eigenvalue weighted by Gasteiger charge is 2.23. The van der Waals surface area contributed by atoms with Gasteiger partial charge in [-0.2, -0.15) is 0 Å². The number of carbonyl (C=O) groups is 1. The SMILES string of the molecule is O=C(Nc1cccc(/C=C/c2ccncc2)c1)C1CCCO1. The maximum Gasteiger partial charge on any atom is 0.253 e. The molecule has 0 bridgehead atoms. The summed E-state index contributed by atoms with van der Waals surface area (Å²) in [5.41, 5.74) is 2.91. The first kappa shape index (κ1) is 14.5. The predicted molar refractivity (Wildman–Crippen MR) is 87.2 cm³/mol. The Hall–Kier alpha value is -2.46. The third kappa shape index (κ3) is 3.80. The Balaban J connectivity index is 1.67. The minimum Gasteiger partial charge on any atom is -0.368 e. The van der Waals surface area contributed by atoms with Gasteiger partial charge in [-0.1, -0.05) is 24.3 Å². The smallest absolute Gasteiger partial charge is 0.253 e. The molecule has 1 aliphatic heterocycles. The number of nitrogens with one attached hydrogen (secondary N) is 1. The van der Waals surface area contributed by atoms with Gasteiger partial charge in [-0.3, -0.25) is 9.78 Å². The Labute approximate surface area is 129 Å². The lowest BCUT2D eigenvalue weighted by Gasteiger charge is -2.10. The number of benzene rings is 1. The van der Waals surface area contributed by atoms with Gasteiger partial charge in [-0.15, -0.1) is 0 Å². The number of pyridine rings is 1. The summed E-state index contributed by atoms with van der Waals surface area (Å²) < 4.78 is 5.39. The van der Waals surface area contributed by atoms with Crippen LogP contribution in [0.1, 0.15) is 24.0 Å². The lowest BCUT2D eigenvalue weighted by molar-refractivity contribution is -0.124. The molecule has 0 aliphatic carbocycles. The van der Waals surface area contributed by atoms with Crippen LogP contribution in [0.4, 0.5) is 5.69 Å². The van der Waals surface area contributed by atoms with Gasteiger partial charge >= 0.3 is 0 Å². The van der Waals surface area contributed by atoms with Crippen molar-refractivity contribution >= 4 is 23.7 Å². The maximum absolute atomic E-state index is 12.0. The monoisotopic (exact) mass is 294 g/mol. The van der Waals surface area contributed by atoms with Gasteiger partial charge in [0.15, 0.2) is 0 Å². The van der Waals surface area contributed by atoms with Crippen molar-refractivity contribution in [2.45, 2.75) is 18.9 Å². The fourth-order valence-corrected chi connectivity index (χ4v) is 2.39. The van der Waals surface area contributed by atoms with Crippen LogP contribution in [-0.2, 0) is 9.53 Å². The Bertz CT molecular complexity index is 662. The summed E-state index contributed by atoms with van der Waals surface area (Å²) >= 11 is 0. The lowest BCUT2D eigenvalue weighted by Crippen LogP contribution is -2.26. The van der Waals surface area contributed by atoms with Crippen molar-refractivity contribution in [3.05, 3.63) is 59.9 Å². The first-order valence-corrected chi connectivity index (χ1v) is 7.42. The van der Waals surface area contributed by atoms with E-state index in [4.69, 9.17) is 4.74 Å². The van der Waals surface area contributed by atoms with Crippen LogP contribution >= 0.6 is 0 Å². The molecule has 1 aromatic carbocycles. The highest BCUT2D eigenvalue weighted by atomic mass is 16.5. The third-order valence-corrected chi connectivity index (χ3v) is 3.55. The average molecular weight is 294 g/mol. The Kier molecular flexibility index (Phi) is 4.61. The minimum atomic E-state index is -0.309. The molecule has 0 radical (unpaired) electrons. The lowest BCUT2D eigenvalue weighted by atomic mass is 10.1. The number of hydrogen-bond donors (Lipinski definition) is 1. The molecular formula is C18H18N2O2. The summed E-state index contributed by atoms with van der Waals surface area (Å²) in [4.78, 5) is 16.0.